The van der Waals surface area contributed by atoms with E-state index >= 15 is 0 Å². The van der Waals surface area contributed by atoms with E-state index in [4.69, 9.17) is 4.74 Å². The van der Waals surface area contributed by atoms with Crippen molar-refractivity contribution in [3.05, 3.63) is 0 Å². The molecule has 0 spiro atoms. The van der Waals surface area contributed by atoms with Crippen LogP contribution in [0, 0.1) is 0 Å². The highest BCUT2D eigenvalue weighted by Gasteiger charge is 2.12. The molecule has 1 fully saturated rings. The number of ether oxygens (including phenoxy) is 1. The Balaban J connectivity index is 1.96. The highest BCUT2D eigenvalue weighted by atomic mass is 16.5. The number of unbranched alkanes of at least 4 members (excludes halogenated alkanes) is 1. The first-order chi connectivity index (χ1) is 6.83. The third-order valence-electron chi connectivity index (χ3n) is 2.59. The van der Waals surface area contributed by atoms with Gasteiger partial charge in [0.25, 0.3) is 0 Å². The molecule has 0 aromatic heterocycles. The van der Waals surface area contributed by atoms with Gasteiger partial charge in [-0.2, -0.15) is 0 Å². The lowest BCUT2D eigenvalue weighted by atomic mass is 10.3. The molecule has 0 aromatic carbocycles. The number of carbonyl (C=O) groups excluding carboxylic acids is 1. The molecule has 0 aromatic rings. The van der Waals surface area contributed by atoms with Crippen molar-refractivity contribution >= 4 is 5.97 Å². The van der Waals surface area contributed by atoms with E-state index in [2.05, 4.69) is 11.8 Å². The van der Waals surface area contributed by atoms with Gasteiger partial charge in [-0.15, -0.1) is 0 Å². The van der Waals surface area contributed by atoms with Crippen LogP contribution in [-0.2, 0) is 9.53 Å². The van der Waals surface area contributed by atoms with E-state index in [0.717, 1.165) is 32.5 Å². The van der Waals surface area contributed by atoms with Crippen molar-refractivity contribution in [2.75, 3.05) is 26.2 Å². The topological polar surface area (TPSA) is 29.5 Å². The third-order valence-corrected chi connectivity index (χ3v) is 2.59. The van der Waals surface area contributed by atoms with Crippen LogP contribution in [0.4, 0.5) is 0 Å². The second-order valence-electron chi connectivity index (χ2n) is 3.87. The summed E-state index contributed by atoms with van der Waals surface area (Å²) in [6.07, 6.45) is 5.19. The summed E-state index contributed by atoms with van der Waals surface area (Å²) in [6.45, 7) is 5.88. The maximum Gasteiger partial charge on any atom is 0.307 e. The first-order valence-corrected chi connectivity index (χ1v) is 5.71. The van der Waals surface area contributed by atoms with Crippen LogP contribution < -0.4 is 0 Å². The Bertz CT molecular complexity index is 165. The molecule has 0 atom stereocenters. The number of likely N-dealkylation sites (tertiary alicyclic amines) is 1. The van der Waals surface area contributed by atoms with Crippen molar-refractivity contribution in [3.8, 4) is 0 Å². The van der Waals surface area contributed by atoms with Crippen LogP contribution in [-0.4, -0.2) is 37.1 Å². The summed E-state index contributed by atoms with van der Waals surface area (Å²) in [7, 11) is 0. The van der Waals surface area contributed by atoms with Crippen LogP contribution in [0.15, 0.2) is 0 Å². The summed E-state index contributed by atoms with van der Waals surface area (Å²) in [4.78, 5) is 13.6. The predicted octanol–water partition coefficient (Wildman–Crippen LogP) is 1.82. The van der Waals surface area contributed by atoms with Gasteiger partial charge in [0.05, 0.1) is 13.0 Å². The van der Waals surface area contributed by atoms with Gasteiger partial charge >= 0.3 is 5.97 Å². The third kappa shape index (κ3) is 4.61. The molecule has 1 aliphatic heterocycles. The largest absolute Gasteiger partial charge is 0.466 e. The van der Waals surface area contributed by atoms with Gasteiger partial charge in [-0.05, 0) is 32.4 Å². The molecule has 14 heavy (non-hydrogen) atoms. The highest BCUT2D eigenvalue weighted by Crippen LogP contribution is 2.07. The molecule has 0 amide bonds. The van der Waals surface area contributed by atoms with Crippen LogP contribution in [0.5, 0.6) is 0 Å². The van der Waals surface area contributed by atoms with Crippen LogP contribution in [0.25, 0.3) is 0 Å². The van der Waals surface area contributed by atoms with Crippen LogP contribution in [0.1, 0.15) is 39.0 Å². The van der Waals surface area contributed by atoms with Gasteiger partial charge in [0.2, 0.25) is 0 Å². The normalized spacial score (nSPS) is 17.2. The van der Waals surface area contributed by atoms with Crippen molar-refractivity contribution in [1.29, 1.82) is 0 Å². The van der Waals surface area contributed by atoms with Crippen molar-refractivity contribution < 1.29 is 9.53 Å². The molecule has 3 heteroatoms. The lowest BCUT2D eigenvalue weighted by Gasteiger charge is -2.13. The number of hydrogen-bond acceptors (Lipinski definition) is 3. The Hall–Kier alpha value is -0.570. The average Bonchev–Trinajstić information content (AvgIpc) is 2.68. The zero-order valence-corrected chi connectivity index (χ0v) is 9.13. The summed E-state index contributed by atoms with van der Waals surface area (Å²) in [6, 6.07) is 0. The molecule has 0 aliphatic carbocycles. The fraction of sp³-hybridized carbons (Fsp3) is 0.909. The van der Waals surface area contributed by atoms with Gasteiger partial charge in [0.1, 0.15) is 0 Å². The van der Waals surface area contributed by atoms with E-state index in [1.807, 2.05) is 0 Å². The summed E-state index contributed by atoms with van der Waals surface area (Å²) >= 11 is 0. The number of rotatable bonds is 6. The van der Waals surface area contributed by atoms with E-state index in [0.29, 0.717) is 13.0 Å². The Kier molecular flexibility index (Phi) is 5.60. The SMILES string of the molecule is CCCCOC(=O)CCN1CCCC1. The zero-order valence-electron chi connectivity index (χ0n) is 9.13. The Morgan fingerprint density at radius 3 is 2.71 bits per heavy atom. The lowest BCUT2D eigenvalue weighted by Crippen LogP contribution is -2.23. The standard InChI is InChI=1S/C11H21NO2/c1-2-3-10-14-11(13)6-9-12-7-4-5-8-12/h2-10H2,1H3. The Morgan fingerprint density at radius 1 is 1.36 bits per heavy atom. The predicted molar refractivity (Wildman–Crippen MR) is 56.2 cm³/mol. The molecule has 0 unspecified atom stereocenters. The van der Waals surface area contributed by atoms with E-state index in [-0.39, 0.29) is 5.97 Å². The smallest absolute Gasteiger partial charge is 0.307 e. The fourth-order valence-corrected chi connectivity index (χ4v) is 1.66. The quantitative estimate of drug-likeness (QED) is 0.482. The number of hydrogen-bond donors (Lipinski definition) is 0. The maximum absolute atomic E-state index is 11.2. The van der Waals surface area contributed by atoms with Crippen LogP contribution >= 0.6 is 0 Å². The average molecular weight is 199 g/mol. The molecule has 0 radical (unpaired) electrons. The van der Waals surface area contributed by atoms with Gasteiger partial charge in [-0.1, -0.05) is 13.3 Å². The van der Waals surface area contributed by atoms with Crippen molar-refractivity contribution in [3.63, 3.8) is 0 Å². The summed E-state index contributed by atoms with van der Waals surface area (Å²) in [5, 5.41) is 0. The summed E-state index contributed by atoms with van der Waals surface area (Å²) in [5.74, 6) is -0.0367. The zero-order chi connectivity index (χ0) is 10.2. The first kappa shape index (κ1) is 11.5. The van der Waals surface area contributed by atoms with Crippen LogP contribution in [0.3, 0.4) is 0 Å². The minimum absolute atomic E-state index is 0.0367. The summed E-state index contributed by atoms with van der Waals surface area (Å²) in [5.41, 5.74) is 0. The molecule has 3 nitrogen and oxygen atoms in total. The molecule has 1 aliphatic rings. The second-order valence-corrected chi connectivity index (χ2v) is 3.87. The molecule has 0 N–H and O–H groups in total. The number of nitrogens with zero attached hydrogens (tertiary/aromatic N) is 1. The Morgan fingerprint density at radius 2 is 2.07 bits per heavy atom. The van der Waals surface area contributed by atoms with E-state index in [1.54, 1.807) is 0 Å². The van der Waals surface area contributed by atoms with E-state index < -0.39 is 0 Å². The number of esters is 1. The molecule has 1 rings (SSSR count). The fourth-order valence-electron chi connectivity index (χ4n) is 1.66. The molecule has 0 bridgehead atoms. The highest BCUT2D eigenvalue weighted by molar-refractivity contribution is 5.69. The molecule has 0 saturated carbocycles. The van der Waals surface area contributed by atoms with Crippen molar-refractivity contribution in [1.82, 2.24) is 4.90 Å². The first-order valence-electron chi connectivity index (χ1n) is 5.71. The number of carbonyl (C=O) groups is 1. The van der Waals surface area contributed by atoms with Gasteiger partial charge in [-0.3, -0.25) is 4.79 Å². The molecule has 1 saturated heterocycles. The van der Waals surface area contributed by atoms with Gasteiger partial charge in [0, 0.05) is 6.54 Å². The Labute approximate surface area is 86.4 Å². The van der Waals surface area contributed by atoms with E-state index in [9.17, 15) is 4.79 Å². The molecular weight excluding hydrogens is 178 g/mol. The molecule has 1 heterocycles. The van der Waals surface area contributed by atoms with Crippen molar-refractivity contribution in [2.24, 2.45) is 0 Å². The maximum atomic E-state index is 11.2. The van der Waals surface area contributed by atoms with Crippen LogP contribution in [0.2, 0.25) is 0 Å². The van der Waals surface area contributed by atoms with Gasteiger partial charge < -0.3 is 9.64 Å². The van der Waals surface area contributed by atoms with Crippen molar-refractivity contribution in [2.45, 2.75) is 39.0 Å². The monoisotopic (exact) mass is 199 g/mol. The molecular formula is C11H21NO2. The van der Waals surface area contributed by atoms with Gasteiger partial charge in [0.15, 0.2) is 0 Å². The lowest BCUT2D eigenvalue weighted by molar-refractivity contribution is -0.144. The summed E-state index contributed by atoms with van der Waals surface area (Å²) < 4.78 is 5.08. The minimum Gasteiger partial charge on any atom is -0.466 e. The second kappa shape index (κ2) is 6.82. The molecule has 82 valence electrons. The van der Waals surface area contributed by atoms with E-state index in [1.165, 1.54) is 12.8 Å². The van der Waals surface area contributed by atoms with Gasteiger partial charge in [-0.25, -0.2) is 0 Å². The minimum atomic E-state index is -0.0367.